The Labute approximate surface area is 173 Å². The van der Waals surface area contributed by atoms with Crippen LogP contribution in [0.25, 0.3) is 0 Å². The lowest BCUT2D eigenvalue weighted by Gasteiger charge is -2.29. The number of aliphatic hydroxyl groups is 1. The van der Waals surface area contributed by atoms with Gasteiger partial charge in [-0.1, -0.05) is 37.2 Å². The van der Waals surface area contributed by atoms with Crippen LogP contribution in [0.15, 0.2) is 30.3 Å². The highest BCUT2D eigenvalue weighted by molar-refractivity contribution is 6.35. The number of hydrogen-bond acceptors (Lipinski definition) is 8. The third-order valence-electron chi connectivity index (χ3n) is 5.10. The van der Waals surface area contributed by atoms with Crippen molar-refractivity contribution in [2.45, 2.75) is 38.4 Å². The fourth-order valence-corrected chi connectivity index (χ4v) is 3.13. The van der Waals surface area contributed by atoms with Gasteiger partial charge in [0.2, 0.25) is 0 Å². The predicted octanol–water partition coefficient (Wildman–Crippen LogP) is -2.15. The molecule has 8 nitrogen and oxygen atoms in total. The highest BCUT2D eigenvalue weighted by Gasteiger charge is 2.27. The minimum atomic E-state index is -1.31. The van der Waals surface area contributed by atoms with Crippen LogP contribution >= 0.6 is 0 Å². The fraction of sp³-hybridized carbons (Fsp3) is 0.368. The van der Waals surface area contributed by atoms with Gasteiger partial charge in [-0.25, -0.2) is 5.43 Å². The Hall–Kier alpha value is -2.23. The van der Waals surface area contributed by atoms with E-state index in [1.54, 1.807) is 38.2 Å². The summed E-state index contributed by atoms with van der Waals surface area (Å²) < 4.78 is 0. The summed E-state index contributed by atoms with van der Waals surface area (Å²) in [6.45, 7) is 3.76. The van der Waals surface area contributed by atoms with Gasteiger partial charge in [0.05, 0.1) is 5.69 Å². The molecule has 0 radical (unpaired) electrons. The first kappa shape index (κ1) is 23.1. The van der Waals surface area contributed by atoms with Crippen LogP contribution in [0.2, 0.25) is 0 Å². The van der Waals surface area contributed by atoms with E-state index in [4.69, 9.17) is 22.0 Å². The topological polar surface area (TPSA) is 143 Å². The molecule has 0 bridgehead atoms. The number of hydrazine groups is 1. The largest absolute Gasteiger partial charge is 0.509 e. The van der Waals surface area contributed by atoms with Crippen molar-refractivity contribution in [2.75, 3.05) is 12.5 Å². The number of nitrogen functional groups attached to an aromatic ring is 1. The first-order valence-corrected chi connectivity index (χ1v) is 9.74. The molecule has 0 spiro atoms. The number of nitrogens with zero attached hydrogens (tertiary/aromatic N) is 1. The van der Waals surface area contributed by atoms with Crippen LogP contribution in [-0.2, 0) is 5.66 Å². The molecule has 2 rings (SSSR count). The average Bonchev–Trinajstić information content (AvgIpc) is 2.68. The van der Waals surface area contributed by atoms with Gasteiger partial charge in [0.25, 0.3) is 0 Å². The highest BCUT2D eigenvalue weighted by Crippen LogP contribution is 2.28. The summed E-state index contributed by atoms with van der Waals surface area (Å²) in [4.78, 5) is 5.80. The lowest BCUT2D eigenvalue weighted by atomic mass is 9.83. The zero-order valence-electron chi connectivity index (χ0n) is 17.6. The minimum absolute atomic E-state index is 0.168. The minimum Gasteiger partial charge on any atom is -0.509 e. The molecule has 29 heavy (non-hydrogen) atoms. The van der Waals surface area contributed by atoms with Gasteiger partial charge in [0.1, 0.15) is 33.8 Å². The Balaban J connectivity index is 2.33. The van der Waals surface area contributed by atoms with E-state index in [1.165, 1.54) is 5.17 Å². The maximum atomic E-state index is 9.76. The first-order valence-electron chi connectivity index (χ1n) is 9.74. The second kappa shape index (κ2) is 9.51. The number of nitrogens with one attached hydrogen (secondary N) is 1. The number of aliphatic hydroxyl groups excluding tert-OH is 1. The van der Waals surface area contributed by atoms with E-state index in [9.17, 15) is 10.2 Å². The lowest BCUT2D eigenvalue weighted by Crippen LogP contribution is -2.49. The third kappa shape index (κ3) is 5.23. The zero-order chi connectivity index (χ0) is 21.8. The Kier molecular flexibility index (Phi) is 7.56. The molecule has 0 aromatic heterocycles. The molecule has 2 aromatic rings. The van der Waals surface area contributed by atoms with Crippen molar-refractivity contribution in [3.05, 3.63) is 41.5 Å². The van der Waals surface area contributed by atoms with E-state index < -0.39 is 5.66 Å². The summed E-state index contributed by atoms with van der Waals surface area (Å²) in [7, 11) is 3.61. The zero-order valence-corrected chi connectivity index (χ0v) is 17.6. The van der Waals surface area contributed by atoms with Crippen molar-refractivity contribution in [3.63, 3.8) is 0 Å². The van der Waals surface area contributed by atoms with Crippen LogP contribution < -0.4 is 38.4 Å². The van der Waals surface area contributed by atoms with Crippen molar-refractivity contribution in [1.29, 1.82) is 0 Å². The van der Waals surface area contributed by atoms with Crippen LogP contribution in [0.4, 0.5) is 5.69 Å². The molecule has 0 fully saturated rings. The molecule has 0 heterocycles. The molecule has 9 N–H and O–H groups in total. The van der Waals surface area contributed by atoms with Gasteiger partial charge in [-0.2, -0.15) is 0 Å². The monoisotopic (exact) mass is 399 g/mol. The number of anilines is 1. The summed E-state index contributed by atoms with van der Waals surface area (Å²) >= 11 is 0. The normalized spacial score (nSPS) is 12.0. The standard InChI is InChI=1S/C19H31B2N5O3/c1-3-13(4-2)25-26(10-27)29-18-15(21)8-12(9-16(18)22)19(23,24)11-5-6-17(28)14(20)7-11/h5-9,13,25,27-28H,3-4,10,20-24H2,1-2H3. The molecule has 0 unspecified atom stereocenters. The van der Waals surface area contributed by atoms with E-state index in [1.807, 2.05) is 7.85 Å². The van der Waals surface area contributed by atoms with Gasteiger partial charge in [-0.05, 0) is 47.0 Å². The van der Waals surface area contributed by atoms with Gasteiger partial charge in [-0.15, -0.1) is 0 Å². The highest BCUT2D eigenvalue weighted by atomic mass is 16.7. The second-order valence-corrected chi connectivity index (χ2v) is 7.34. The van der Waals surface area contributed by atoms with Crippen molar-refractivity contribution < 1.29 is 15.1 Å². The second-order valence-electron chi connectivity index (χ2n) is 7.34. The predicted molar refractivity (Wildman–Crippen MR) is 122 cm³/mol. The number of benzene rings is 2. The van der Waals surface area contributed by atoms with E-state index in [-0.39, 0.29) is 18.5 Å². The number of rotatable bonds is 9. The molecule has 0 saturated carbocycles. The molecular formula is C19H31B2N5O3. The van der Waals surface area contributed by atoms with E-state index in [0.29, 0.717) is 28.0 Å². The molecule has 156 valence electrons. The molecule has 0 amide bonds. The van der Waals surface area contributed by atoms with Gasteiger partial charge in [0, 0.05) is 6.04 Å². The smallest absolute Gasteiger partial charge is 0.166 e. The van der Waals surface area contributed by atoms with Crippen molar-refractivity contribution in [1.82, 2.24) is 10.6 Å². The van der Waals surface area contributed by atoms with Gasteiger partial charge in [-0.3, -0.25) is 0 Å². The summed E-state index contributed by atoms with van der Waals surface area (Å²) in [5, 5.41) is 20.6. The number of phenolic OH excluding ortho intramolecular Hbond substituents is 1. The third-order valence-corrected chi connectivity index (χ3v) is 5.10. The van der Waals surface area contributed by atoms with E-state index in [0.717, 1.165) is 18.3 Å². The number of hydroxylamine groups is 1. The first-order chi connectivity index (χ1) is 13.6. The van der Waals surface area contributed by atoms with Crippen LogP contribution in [0.1, 0.15) is 37.8 Å². The molecule has 0 saturated heterocycles. The Morgan fingerprint density at radius 2 is 1.72 bits per heavy atom. The number of phenols is 1. The summed E-state index contributed by atoms with van der Waals surface area (Å²) in [5.74, 6) is 0.594. The Morgan fingerprint density at radius 1 is 1.10 bits per heavy atom. The number of aromatic hydroxyl groups is 1. The lowest BCUT2D eigenvalue weighted by molar-refractivity contribution is -0.162. The van der Waals surface area contributed by atoms with E-state index >= 15 is 0 Å². The van der Waals surface area contributed by atoms with Gasteiger partial charge >= 0.3 is 0 Å². The molecule has 0 aliphatic carbocycles. The molecule has 2 aromatic carbocycles. The van der Waals surface area contributed by atoms with E-state index in [2.05, 4.69) is 19.3 Å². The summed E-state index contributed by atoms with van der Waals surface area (Å²) in [6, 6.07) is 8.64. The SMILES string of the molecule is Bc1cc(C(N)(N)c2cc(B)c(ON(CO)NC(CC)CC)c(N)c2)ccc1O. The average molecular weight is 399 g/mol. The van der Waals surface area contributed by atoms with Crippen LogP contribution in [0, 0.1) is 0 Å². The maximum Gasteiger partial charge on any atom is 0.166 e. The number of hydrogen-bond donors (Lipinski definition) is 6. The molecular weight excluding hydrogens is 368 g/mol. The molecule has 0 aliphatic rings. The summed E-state index contributed by atoms with van der Waals surface area (Å²) in [5.41, 5.74) is 23.9. The maximum absolute atomic E-state index is 9.76. The Morgan fingerprint density at radius 3 is 2.24 bits per heavy atom. The van der Waals surface area contributed by atoms with Crippen molar-refractivity contribution in [2.24, 2.45) is 11.5 Å². The molecule has 0 aliphatic heterocycles. The molecule has 0 atom stereocenters. The van der Waals surface area contributed by atoms with Gasteiger partial charge in [0.15, 0.2) is 5.75 Å². The van der Waals surface area contributed by atoms with Crippen LogP contribution in [0.5, 0.6) is 11.5 Å². The van der Waals surface area contributed by atoms with Crippen molar-refractivity contribution in [3.8, 4) is 11.5 Å². The quantitative estimate of drug-likeness (QED) is 0.121. The molecule has 10 heteroatoms. The van der Waals surface area contributed by atoms with Gasteiger partial charge < -0.3 is 32.3 Å². The van der Waals surface area contributed by atoms with Crippen LogP contribution in [-0.4, -0.2) is 43.9 Å². The number of nitrogens with two attached hydrogens (primary N) is 3. The van der Waals surface area contributed by atoms with Crippen LogP contribution in [0.3, 0.4) is 0 Å². The van der Waals surface area contributed by atoms with Crippen molar-refractivity contribution >= 4 is 32.3 Å². The Bertz CT molecular complexity index is 824. The fourth-order valence-electron chi connectivity index (χ4n) is 3.13. The summed E-state index contributed by atoms with van der Waals surface area (Å²) in [6.07, 6.45) is 1.78.